The van der Waals surface area contributed by atoms with Gasteiger partial charge in [-0.2, -0.15) is 0 Å². The maximum atomic E-state index is 11.5. The highest BCUT2D eigenvalue weighted by molar-refractivity contribution is 7.13. The summed E-state index contributed by atoms with van der Waals surface area (Å²) in [4.78, 5) is 15.4. The van der Waals surface area contributed by atoms with Crippen molar-refractivity contribution in [1.82, 2.24) is 4.98 Å². The average molecular weight is 235 g/mol. The minimum Gasteiger partial charge on any atom is -0.508 e. The van der Waals surface area contributed by atoms with Crippen LogP contribution < -0.4 is 10.6 Å². The molecule has 5 nitrogen and oxygen atoms in total. The Labute approximate surface area is 95.8 Å². The molecule has 0 atom stereocenters. The van der Waals surface area contributed by atoms with Crippen molar-refractivity contribution in [3.63, 3.8) is 0 Å². The Kier molecular flexibility index (Phi) is 3.02. The van der Waals surface area contributed by atoms with Crippen molar-refractivity contribution in [3.8, 4) is 5.75 Å². The van der Waals surface area contributed by atoms with Crippen LogP contribution in [0.3, 0.4) is 0 Å². The minimum atomic E-state index is -0.388. The van der Waals surface area contributed by atoms with Gasteiger partial charge in [0.2, 0.25) is 0 Å². The van der Waals surface area contributed by atoms with E-state index in [1.165, 1.54) is 23.5 Å². The normalized spacial score (nSPS) is 9.75. The van der Waals surface area contributed by atoms with Crippen LogP contribution in [0.2, 0.25) is 0 Å². The van der Waals surface area contributed by atoms with Crippen molar-refractivity contribution in [2.24, 2.45) is 0 Å². The number of aromatic nitrogens is 1. The first kappa shape index (κ1) is 10.4. The number of carbonyl (C=O) groups excluding carboxylic acids is 1. The van der Waals surface area contributed by atoms with Crippen LogP contribution in [0.4, 0.5) is 15.6 Å². The molecular formula is C10H9N3O2S. The average Bonchev–Trinajstić information content (AvgIpc) is 2.70. The van der Waals surface area contributed by atoms with E-state index in [0.29, 0.717) is 10.8 Å². The predicted octanol–water partition coefficient (Wildman–Crippen LogP) is 2.49. The summed E-state index contributed by atoms with van der Waals surface area (Å²) in [5.74, 6) is 0.104. The van der Waals surface area contributed by atoms with Crippen molar-refractivity contribution in [3.05, 3.63) is 35.8 Å². The summed E-state index contributed by atoms with van der Waals surface area (Å²) in [5, 5.41) is 16.6. The molecule has 0 aliphatic heterocycles. The van der Waals surface area contributed by atoms with Crippen molar-refractivity contribution in [2.75, 3.05) is 10.6 Å². The summed E-state index contributed by atoms with van der Waals surface area (Å²) in [6, 6.07) is 5.93. The largest absolute Gasteiger partial charge is 0.508 e. The molecule has 0 spiro atoms. The number of aromatic hydroxyl groups is 1. The molecule has 6 heteroatoms. The second-order valence-corrected chi connectivity index (χ2v) is 3.86. The van der Waals surface area contributed by atoms with Crippen LogP contribution in [0.15, 0.2) is 35.8 Å². The molecule has 0 unspecified atom stereocenters. The smallest absolute Gasteiger partial charge is 0.325 e. The summed E-state index contributed by atoms with van der Waals surface area (Å²) in [7, 11) is 0. The van der Waals surface area contributed by atoms with Crippen LogP contribution in [0.25, 0.3) is 0 Å². The lowest BCUT2D eigenvalue weighted by Gasteiger charge is -2.05. The van der Waals surface area contributed by atoms with Gasteiger partial charge in [0.1, 0.15) is 5.75 Å². The molecule has 2 rings (SSSR count). The van der Waals surface area contributed by atoms with E-state index in [1.807, 2.05) is 0 Å². The molecule has 82 valence electrons. The summed E-state index contributed by atoms with van der Waals surface area (Å²) >= 11 is 1.33. The Morgan fingerprint density at radius 3 is 2.94 bits per heavy atom. The fourth-order valence-corrected chi connectivity index (χ4v) is 1.65. The monoisotopic (exact) mass is 235 g/mol. The number of rotatable bonds is 2. The first-order chi connectivity index (χ1) is 7.74. The fourth-order valence-electron chi connectivity index (χ4n) is 1.13. The number of anilines is 2. The van der Waals surface area contributed by atoms with E-state index >= 15 is 0 Å². The number of amides is 2. The van der Waals surface area contributed by atoms with Gasteiger partial charge in [0.25, 0.3) is 0 Å². The quantitative estimate of drug-likeness (QED) is 0.748. The third kappa shape index (κ3) is 2.71. The molecule has 0 bridgehead atoms. The summed E-state index contributed by atoms with van der Waals surface area (Å²) in [5.41, 5.74) is 0.522. The van der Waals surface area contributed by atoms with Gasteiger partial charge < -0.3 is 10.4 Å². The van der Waals surface area contributed by atoms with Gasteiger partial charge in [0.05, 0.1) is 0 Å². The molecule has 0 saturated heterocycles. The Hall–Kier alpha value is -2.08. The van der Waals surface area contributed by atoms with Crippen LogP contribution in [-0.4, -0.2) is 16.1 Å². The molecule has 1 aromatic carbocycles. The summed E-state index contributed by atoms with van der Waals surface area (Å²) in [6.07, 6.45) is 1.61. The van der Waals surface area contributed by atoms with Gasteiger partial charge in [-0.25, -0.2) is 9.78 Å². The molecular weight excluding hydrogens is 226 g/mol. The van der Waals surface area contributed by atoms with Gasteiger partial charge in [-0.15, -0.1) is 11.3 Å². The molecule has 0 saturated carbocycles. The maximum absolute atomic E-state index is 11.5. The number of hydrogen-bond donors (Lipinski definition) is 3. The lowest BCUT2D eigenvalue weighted by molar-refractivity contribution is 0.262. The molecule has 2 amide bonds. The van der Waals surface area contributed by atoms with E-state index in [9.17, 15) is 9.90 Å². The molecule has 1 heterocycles. The van der Waals surface area contributed by atoms with Gasteiger partial charge in [-0.1, -0.05) is 6.07 Å². The highest BCUT2D eigenvalue weighted by Crippen LogP contribution is 2.16. The third-order valence-electron chi connectivity index (χ3n) is 1.76. The van der Waals surface area contributed by atoms with E-state index in [4.69, 9.17) is 0 Å². The van der Waals surface area contributed by atoms with E-state index in [0.717, 1.165) is 0 Å². The molecule has 2 aromatic rings. The second kappa shape index (κ2) is 4.63. The van der Waals surface area contributed by atoms with Gasteiger partial charge >= 0.3 is 6.03 Å². The zero-order chi connectivity index (χ0) is 11.4. The Balaban J connectivity index is 1.97. The van der Waals surface area contributed by atoms with Gasteiger partial charge in [0, 0.05) is 23.3 Å². The SMILES string of the molecule is O=C(Nc1cccc(O)c1)Nc1nccs1. The number of hydrogen-bond acceptors (Lipinski definition) is 4. The molecule has 1 aromatic heterocycles. The topological polar surface area (TPSA) is 74.2 Å². The van der Waals surface area contributed by atoms with Gasteiger partial charge in [-0.3, -0.25) is 5.32 Å². The van der Waals surface area contributed by atoms with E-state index in [1.54, 1.807) is 23.7 Å². The van der Waals surface area contributed by atoms with Crippen LogP contribution in [-0.2, 0) is 0 Å². The van der Waals surface area contributed by atoms with Gasteiger partial charge in [-0.05, 0) is 12.1 Å². The summed E-state index contributed by atoms with van der Waals surface area (Å²) in [6.45, 7) is 0. The van der Waals surface area contributed by atoms with E-state index in [2.05, 4.69) is 15.6 Å². The Bertz CT molecular complexity index is 485. The Morgan fingerprint density at radius 1 is 1.38 bits per heavy atom. The molecule has 0 radical (unpaired) electrons. The lowest BCUT2D eigenvalue weighted by atomic mass is 10.3. The fraction of sp³-hybridized carbons (Fsp3) is 0. The number of thiazole rings is 1. The molecule has 3 N–H and O–H groups in total. The van der Waals surface area contributed by atoms with Crippen molar-refractivity contribution in [1.29, 1.82) is 0 Å². The van der Waals surface area contributed by atoms with Crippen molar-refractivity contribution >= 4 is 28.2 Å². The van der Waals surface area contributed by atoms with Crippen LogP contribution >= 0.6 is 11.3 Å². The number of benzene rings is 1. The predicted molar refractivity (Wildman–Crippen MR) is 62.9 cm³/mol. The number of urea groups is 1. The first-order valence-electron chi connectivity index (χ1n) is 4.50. The molecule has 0 aliphatic rings. The van der Waals surface area contributed by atoms with Crippen LogP contribution in [0.5, 0.6) is 5.75 Å². The van der Waals surface area contributed by atoms with E-state index < -0.39 is 0 Å². The maximum Gasteiger partial charge on any atom is 0.325 e. The number of phenolic OH excluding ortho intramolecular Hbond substituents is 1. The zero-order valence-corrected chi connectivity index (χ0v) is 8.99. The minimum absolute atomic E-state index is 0.104. The Morgan fingerprint density at radius 2 is 2.25 bits per heavy atom. The molecule has 0 fully saturated rings. The standard InChI is InChI=1S/C10H9N3O2S/c14-8-3-1-2-7(6-8)12-9(15)13-10-11-4-5-16-10/h1-6,14H,(H2,11,12,13,15). The lowest BCUT2D eigenvalue weighted by Crippen LogP contribution is -2.19. The molecule has 0 aliphatic carbocycles. The molecule has 16 heavy (non-hydrogen) atoms. The second-order valence-electron chi connectivity index (χ2n) is 2.97. The highest BCUT2D eigenvalue weighted by atomic mass is 32.1. The number of carbonyl (C=O) groups is 1. The van der Waals surface area contributed by atoms with Crippen LogP contribution in [0.1, 0.15) is 0 Å². The number of nitrogens with zero attached hydrogens (tertiary/aromatic N) is 1. The van der Waals surface area contributed by atoms with Crippen molar-refractivity contribution in [2.45, 2.75) is 0 Å². The number of nitrogens with one attached hydrogen (secondary N) is 2. The van der Waals surface area contributed by atoms with Crippen molar-refractivity contribution < 1.29 is 9.90 Å². The summed E-state index contributed by atoms with van der Waals surface area (Å²) < 4.78 is 0. The first-order valence-corrected chi connectivity index (χ1v) is 5.38. The zero-order valence-electron chi connectivity index (χ0n) is 8.18. The van der Waals surface area contributed by atoms with Gasteiger partial charge in [0.15, 0.2) is 5.13 Å². The van der Waals surface area contributed by atoms with E-state index in [-0.39, 0.29) is 11.8 Å². The van der Waals surface area contributed by atoms with Crippen LogP contribution in [0, 0.1) is 0 Å². The number of phenols is 1. The highest BCUT2D eigenvalue weighted by Gasteiger charge is 2.03. The third-order valence-corrected chi connectivity index (χ3v) is 2.45.